The lowest BCUT2D eigenvalue weighted by Crippen LogP contribution is -2.35. The maximum absolute atomic E-state index is 14.1. The molecule has 228 valence electrons. The number of carboxylic acids is 1. The Kier molecular flexibility index (Phi) is 10.2. The van der Waals surface area contributed by atoms with E-state index in [0.29, 0.717) is 23.1 Å². The molecule has 0 fully saturated rings. The van der Waals surface area contributed by atoms with E-state index in [2.05, 4.69) is 5.32 Å². The van der Waals surface area contributed by atoms with Crippen LogP contribution in [-0.2, 0) is 27.8 Å². The minimum atomic E-state index is -3.87. The molecule has 0 aliphatic heterocycles. The third-order valence-electron chi connectivity index (χ3n) is 6.91. The van der Waals surface area contributed by atoms with Crippen LogP contribution in [0.5, 0.6) is 0 Å². The first-order valence-corrected chi connectivity index (χ1v) is 15.0. The van der Waals surface area contributed by atoms with E-state index in [0.717, 1.165) is 12.1 Å². The Hall–Kier alpha value is -4.94. The topological polar surface area (TPSA) is 147 Å². The van der Waals surface area contributed by atoms with Crippen LogP contribution in [0.15, 0.2) is 95.9 Å². The molecule has 0 unspecified atom stereocenters. The van der Waals surface area contributed by atoms with Crippen LogP contribution < -0.4 is 10.5 Å². The van der Waals surface area contributed by atoms with Gasteiger partial charge in [0, 0.05) is 36.3 Å². The number of carboxylic acid groups (broad SMARTS) is 1. The van der Waals surface area contributed by atoms with Crippen molar-refractivity contribution in [1.82, 2.24) is 10.2 Å². The van der Waals surface area contributed by atoms with Gasteiger partial charge in [0.25, 0.3) is 11.8 Å². The fourth-order valence-corrected chi connectivity index (χ4v) is 5.13. The maximum Gasteiger partial charge on any atom is 0.305 e. The van der Waals surface area contributed by atoms with E-state index in [9.17, 15) is 36.7 Å². The van der Waals surface area contributed by atoms with Crippen LogP contribution in [0.2, 0.25) is 0 Å². The van der Waals surface area contributed by atoms with E-state index in [4.69, 9.17) is 5.14 Å². The van der Waals surface area contributed by atoms with Crippen LogP contribution in [0.25, 0.3) is 11.1 Å². The largest absolute Gasteiger partial charge is 0.481 e. The normalized spacial score (nSPS) is 11.2. The highest BCUT2D eigenvalue weighted by Gasteiger charge is 2.23. The second-order valence-electron chi connectivity index (χ2n) is 9.85. The summed E-state index contributed by atoms with van der Waals surface area (Å²) in [5, 5.41) is 17.0. The number of nitrogens with two attached hydrogens (primary N) is 1. The van der Waals surface area contributed by atoms with Gasteiger partial charge in [-0.1, -0.05) is 54.6 Å². The monoisotopic (exact) mass is 621 g/mol. The fraction of sp³-hybridized carbons (Fsp3) is 0.156. The first-order chi connectivity index (χ1) is 21.0. The van der Waals surface area contributed by atoms with Gasteiger partial charge in [-0.05, 0) is 59.5 Å². The van der Waals surface area contributed by atoms with Crippen LogP contribution in [-0.4, -0.2) is 49.3 Å². The van der Waals surface area contributed by atoms with Crippen molar-refractivity contribution >= 4 is 27.8 Å². The van der Waals surface area contributed by atoms with Gasteiger partial charge in [-0.3, -0.25) is 14.4 Å². The third kappa shape index (κ3) is 7.91. The number of rotatable bonds is 12. The summed E-state index contributed by atoms with van der Waals surface area (Å²) in [4.78, 5) is 39.8. The second kappa shape index (κ2) is 14.0. The van der Waals surface area contributed by atoms with Gasteiger partial charge in [0.05, 0.1) is 11.3 Å². The van der Waals surface area contributed by atoms with Gasteiger partial charge in [0.15, 0.2) is 0 Å². The van der Waals surface area contributed by atoms with Crippen molar-refractivity contribution in [2.45, 2.75) is 24.3 Å². The summed E-state index contributed by atoms with van der Waals surface area (Å²) in [6.45, 7) is -0.382. The summed E-state index contributed by atoms with van der Waals surface area (Å²) < 4.78 is 51.4. The van der Waals surface area contributed by atoms with Gasteiger partial charge < -0.3 is 15.3 Å². The van der Waals surface area contributed by atoms with Crippen molar-refractivity contribution in [1.29, 1.82) is 0 Å². The summed E-state index contributed by atoms with van der Waals surface area (Å²) >= 11 is 0. The number of nitrogens with zero attached hydrogens (tertiary/aromatic N) is 1. The Balaban J connectivity index is 1.60. The average Bonchev–Trinajstić information content (AvgIpc) is 3.00. The van der Waals surface area contributed by atoms with E-state index < -0.39 is 46.0 Å². The number of amides is 2. The van der Waals surface area contributed by atoms with E-state index in [1.807, 2.05) is 0 Å². The highest BCUT2D eigenvalue weighted by Crippen LogP contribution is 2.29. The van der Waals surface area contributed by atoms with Crippen LogP contribution in [0.1, 0.15) is 38.3 Å². The molecule has 0 saturated carbocycles. The molecule has 12 heteroatoms. The highest BCUT2D eigenvalue weighted by atomic mass is 32.2. The quantitative estimate of drug-likeness (QED) is 0.214. The van der Waals surface area contributed by atoms with Crippen LogP contribution in [0.4, 0.5) is 8.78 Å². The summed E-state index contributed by atoms with van der Waals surface area (Å²) in [6.07, 6.45) is -0.0200. The summed E-state index contributed by atoms with van der Waals surface area (Å²) in [7, 11) is -3.87. The molecule has 4 rings (SSSR count). The van der Waals surface area contributed by atoms with E-state index in [1.54, 1.807) is 54.6 Å². The first kappa shape index (κ1) is 32.0. The molecule has 0 aliphatic carbocycles. The van der Waals surface area contributed by atoms with Gasteiger partial charge in [0.2, 0.25) is 10.0 Å². The van der Waals surface area contributed by atoms with E-state index in [-0.39, 0.29) is 41.1 Å². The lowest BCUT2D eigenvalue weighted by atomic mass is 9.94. The summed E-state index contributed by atoms with van der Waals surface area (Å²) in [5.74, 6) is -3.78. The molecule has 2 amide bonds. The molecule has 4 aromatic carbocycles. The molecule has 9 nitrogen and oxygen atoms in total. The Bertz CT molecular complexity index is 1780. The Morgan fingerprint density at radius 2 is 1.34 bits per heavy atom. The maximum atomic E-state index is 14.1. The Morgan fingerprint density at radius 1 is 0.773 bits per heavy atom. The molecule has 0 saturated heterocycles. The molecule has 0 aromatic heterocycles. The Labute approximate surface area is 253 Å². The van der Waals surface area contributed by atoms with E-state index >= 15 is 0 Å². The standard InChI is InChI=1S/C32H29F2N3O6S/c33-28-10-5-11-29(34)27(28)20-36-31(40)25-8-3-1-6-23(25)24-7-2-4-9-26(24)32(41)37(19-17-30(38)39)18-16-21-12-14-22(15-13-21)44(35,42)43/h1-15H,16-20H2,(H,36,40)(H,38,39)(H2,35,42,43). The predicted octanol–water partition coefficient (Wildman–Crippen LogP) is 4.37. The number of hydrogen-bond acceptors (Lipinski definition) is 5. The summed E-state index contributed by atoms with van der Waals surface area (Å²) in [5.41, 5.74) is 1.58. The number of sulfonamides is 1. The van der Waals surface area contributed by atoms with Gasteiger partial charge >= 0.3 is 5.97 Å². The molecular formula is C32H29F2N3O6S. The molecular weight excluding hydrogens is 592 g/mol. The van der Waals surface area contributed by atoms with Gasteiger partial charge in [-0.2, -0.15) is 0 Å². The minimum Gasteiger partial charge on any atom is -0.481 e. The zero-order valence-corrected chi connectivity index (χ0v) is 24.2. The predicted molar refractivity (Wildman–Crippen MR) is 159 cm³/mol. The molecule has 0 heterocycles. The second-order valence-corrected chi connectivity index (χ2v) is 11.4. The number of hydrogen-bond donors (Lipinski definition) is 3. The Morgan fingerprint density at radius 3 is 1.93 bits per heavy atom. The molecule has 0 aliphatic rings. The number of carbonyl (C=O) groups excluding carboxylic acids is 2. The number of aliphatic carboxylic acids is 1. The zero-order valence-electron chi connectivity index (χ0n) is 23.4. The smallest absolute Gasteiger partial charge is 0.305 e. The van der Waals surface area contributed by atoms with Crippen molar-refractivity contribution in [3.05, 3.63) is 125 Å². The molecule has 0 atom stereocenters. The third-order valence-corrected chi connectivity index (χ3v) is 7.84. The molecule has 0 bridgehead atoms. The van der Waals surface area contributed by atoms with Gasteiger partial charge in [-0.25, -0.2) is 22.3 Å². The van der Waals surface area contributed by atoms with Crippen molar-refractivity contribution in [2.75, 3.05) is 13.1 Å². The minimum absolute atomic E-state index is 0.0595. The molecule has 0 spiro atoms. The lowest BCUT2D eigenvalue weighted by Gasteiger charge is -2.24. The first-order valence-electron chi connectivity index (χ1n) is 13.5. The van der Waals surface area contributed by atoms with Crippen LogP contribution in [0.3, 0.4) is 0 Å². The van der Waals surface area contributed by atoms with Gasteiger partial charge in [0.1, 0.15) is 11.6 Å². The molecule has 0 radical (unpaired) electrons. The summed E-state index contributed by atoms with van der Waals surface area (Å²) in [6, 6.07) is 22.2. The van der Waals surface area contributed by atoms with Crippen molar-refractivity contribution in [3.8, 4) is 11.1 Å². The van der Waals surface area contributed by atoms with Crippen LogP contribution in [0, 0.1) is 11.6 Å². The number of benzene rings is 4. The zero-order chi connectivity index (χ0) is 31.9. The number of nitrogens with one attached hydrogen (secondary N) is 1. The van der Waals surface area contributed by atoms with E-state index in [1.165, 1.54) is 29.2 Å². The molecule has 4 N–H and O–H groups in total. The highest BCUT2D eigenvalue weighted by molar-refractivity contribution is 7.89. The van der Waals surface area contributed by atoms with Crippen molar-refractivity contribution < 1.29 is 36.7 Å². The lowest BCUT2D eigenvalue weighted by molar-refractivity contribution is -0.137. The number of primary sulfonamides is 1. The van der Waals surface area contributed by atoms with Crippen molar-refractivity contribution in [3.63, 3.8) is 0 Å². The van der Waals surface area contributed by atoms with Crippen LogP contribution >= 0.6 is 0 Å². The molecule has 4 aromatic rings. The SMILES string of the molecule is NS(=O)(=O)c1ccc(CCN(CCC(=O)O)C(=O)c2ccccc2-c2ccccc2C(=O)NCc2c(F)cccc2F)cc1. The fourth-order valence-electron chi connectivity index (χ4n) is 4.61. The molecule has 44 heavy (non-hydrogen) atoms. The average molecular weight is 622 g/mol. The van der Waals surface area contributed by atoms with Crippen molar-refractivity contribution in [2.24, 2.45) is 5.14 Å². The number of halogens is 2. The van der Waals surface area contributed by atoms with Gasteiger partial charge in [-0.15, -0.1) is 0 Å². The number of carbonyl (C=O) groups is 3.